The summed E-state index contributed by atoms with van der Waals surface area (Å²) in [5.41, 5.74) is 1.82. The van der Waals surface area contributed by atoms with Crippen LogP contribution in [0.3, 0.4) is 0 Å². The number of nitrogens with one attached hydrogen (secondary N) is 1. The van der Waals surface area contributed by atoms with Crippen LogP contribution in [-0.2, 0) is 11.3 Å². The van der Waals surface area contributed by atoms with E-state index in [9.17, 15) is 4.79 Å². The van der Waals surface area contributed by atoms with Gasteiger partial charge in [-0.1, -0.05) is 28.1 Å². The Bertz CT molecular complexity index is 560. The van der Waals surface area contributed by atoms with Gasteiger partial charge in [-0.15, -0.1) is 0 Å². The molecule has 1 N–H and O–H groups in total. The second kappa shape index (κ2) is 5.52. The molecule has 0 spiro atoms. The summed E-state index contributed by atoms with van der Waals surface area (Å²) < 4.78 is 1.14. The highest BCUT2D eigenvalue weighted by atomic mass is 79.9. The first-order valence-corrected chi connectivity index (χ1v) is 6.66. The van der Waals surface area contributed by atoms with E-state index in [1.165, 1.54) is 6.33 Å². The third-order valence-electron chi connectivity index (χ3n) is 2.54. The number of benzene rings is 1. The van der Waals surface area contributed by atoms with Crippen molar-refractivity contribution in [3.63, 3.8) is 0 Å². The topological polar surface area (TPSA) is 59.8 Å². The van der Waals surface area contributed by atoms with Gasteiger partial charge in [0.25, 0.3) is 0 Å². The molecule has 0 aliphatic heterocycles. The number of amides is 1. The van der Waals surface area contributed by atoms with E-state index in [1.54, 1.807) is 11.0 Å². The van der Waals surface area contributed by atoms with Crippen LogP contribution in [0.15, 0.2) is 36.9 Å². The Labute approximate surface area is 120 Å². The number of hydrogen-bond donors (Lipinski definition) is 1. The summed E-state index contributed by atoms with van der Waals surface area (Å²) in [6, 6.07) is 7.68. The maximum atomic E-state index is 11.9. The number of halogens is 1. The molecule has 0 fully saturated rings. The molecule has 1 aromatic heterocycles. The molecule has 19 heavy (non-hydrogen) atoms. The predicted octanol–water partition coefficient (Wildman–Crippen LogP) is 2.44. The van der Waals surface area contributed by atoms with E-state index < -0.39 is 4.32 Å². The lowest BCUT2D eigenvalue weighted by Crippen LogP contribution is -2.30. The van der Waals surface area contributed by atoms with Gasteiger partial charge < -0.3 is 5.32 Å². The van der Waals surface area contributed by atoms with Crippen LogP contribution in [-0.4, -0.2) is 25.0 Å². The van der Waals surface area contributed by atoms with Crippen molar-refractivity contribution in [1.29, 1.82) is 0 Å². The fourth-order valence-electron chi connectivity index (χ4n) is 1.53. The van der Waals surface area contributed by atoms with Crippen molar-refractivity contribution in [3.8, 4) is 0 Å². The van der Waals surface area contributed by atoms with Gasteiger partial charge in [0, 0.05) is 5.69 Å². The molecule has 0 saturated heterocycles. The Hall–Kier alpha value is -1.69. The average Bonchev–Trinajstić information content (AvgIpc) is 2.81. The highest BCUT2D eigenvalue weighted by Gasteiger charge is 2.23. The van der Waals surface area contributed by atoms with Gasteiger partial charge in [-0.2, -0.15) is 5.10 Å². The minimum atomic E-state index is -0.588. The molecular formula is C13H15BrN4O. The van der Waals surface area contributed by atoms with E-state index in [-0.39, 0.29) is 5.91 Å². The second-order valence-electron chi connectivity index (χ2n) is 4.72. The molecule has 2 rings (SSSR count). The molecule has 1 heterocycles. The highest BCUT2D eigenvalue weighted by Crippen LogP contribution is 2.19. The molecule has 0 atom stereocenters. The standard InChI is InChI=1S/C13H15BrN4O/c1-13(2,14)12(19)17-11-5-3-4-10(6-11)7-18-9-15-8-16-18/h3-6,8-9H,7H2,1-2H3,(H,17,19). The summed E-state index contributed by atoms with van der Waals surface area (Å²) in [6.07, 6.45) is 3.16. The monoisotopic (exact) mass is 322 g/mol. The van der Waals surface area contributed by atoms with Gasteiger partial charge in [0.2, 0.25) is 5.91 Å². The normalized spacial score (nSPS) is 11.3. The van der Waals surface area contributed by atoms with E-state index in [0.29, 0.717) is 6.54 Å². The van der Waals surface area contributed by atoms with Gasteiger partial charge in [-0.3, -0.25) is 4.79 Å². The van der Waals surface area contributed by atoms with Crippen LogP contribution >= 0.6 is 15.9 Å². The quantitative estimate of drug-likeness (QED) is 0.879. The Kier molecular flexibility index (Phi) is 3.99. The zero-order valence-corrected chi connectivity index (χ0v) is 12.4. The molecule has 0 aliphatic carbocycles. The van der Waals surface area contributed by atoms with E-state index in [0.717, 1.165) is 11.3 Å². The Balaban J connectivity index is 2.09. The van der Waals surface area contributed by atoms with Crippen molar-refractivity contribution < 1.29 is 4.79 Å². The first-order chi connectivity index (χ1) is 8.95. The number of anilines is 1. The molecule has 0 unspecified atom stereocenters. The number of hydrogen-bond acceptors (Lipinski definition) is 3. The third-order valence-corrected chi connectivity index (χ3v) is 2.90. The first-order valence-electron chi connectivity index (χ1n) is 5.87. The van der Waals surface area contributed by atoms with Gasteiger partial charge in [0.15, 0.2) is 0 Å². The van der Waals surface area contributed by atoms with E-state index >= 15 is 0 Å². The van der Waals surface area contributed by atoms with Crippen LogP contribution in [0.5, 0.6) is 0 Å². The summed E-state index contributed by atoms with van der Waals surface area (Å²) in [7, 11) is 0. The molecule has 0 aliphatic rings. The predicted molar refractivity (Wildman–Crippen MR) is 77.2 cm³/mol. The van der Waals surface area contributed by atoms with Gasteiger partial charge in [-0.25, -0.2) is 9.67 Å². The molecule has 100 valence electrons. The number of carbonyl (C=O) groups is 1. The van der Waals surface area contributed by atoms with Gasteiger partial charge in [0.05, 0.1) is 10.9 Å². The van der Waals surface area contributed by atoms with Crippen LogP contribution in [0.1, 0.15) is 19.4 Å². The van der Waals surface area contributed by atoms with Crippen molar-refractivity contribution >= 4 is 27.5 Å². The summed E-state index contributed by atoms with van der Waals surface area (Å²) in [5, 5.41) is 6.92. The molecule has 2 aromatic rings. The van der Waals surface area contributed by atoms with E-state index in [4.69, 9.17) is 0 Å². The molecule has 5 nitrogen and oxygen atoms in total. The molecule has 1 aromatic carbocycles. The Morgan fingerprint density at radius 2 is 2.26 bits per heavy atom. The number of carbonyl (C=O) groups excluding carboxylic acids is 1. The summed E-state index contributed by atoms with van der Waals surface area (Å²) >= 11 is 3.33. The first kappa shape index (κ1) is 13.7. The van der Waals surface area contributed by atoms with Crippen molar-refractivity contribution in [3.05, 3.63) is 42.5 Å². The zero-order chi connectivity index (χ0) is 13.9. The largest absolute Gasteiger partial charge is 0.325 e. The van der Waals surface area contributed by atoms with Gasteiger partial charge in [0.1, 0.15) is 12.7 Å². The van der Waals surface area contributed by atoms with Crippen LogP contribution in [0.25, 0.3) is 0 Å². The summed E-state index contributed by atoms with van der Waals surface area (Å²) in [4.78, 5) is 15.8. The number of aromatic nitrogens is 3. The van der Waals surface area contributed by atoms with Crippen molar-refractivity contribution in [1.82, 2.24) is 14.8 Å². The highest BCUT2D eigenvalue weighted by molar-refractivity contribution is 9.10. The van der Waals surface area contributed by atoms with Crippen molar-refractivity contribution in [2.45, 2.75) is 24.7 Å². The Morgan fingerprint density at radius 3 is 2.89 bits per heavy atom. The Morgan fingerprint density at radius 1 is 1.47 bits per heavy atom. The number of nitrogens with zero attached hydrogens (tertiary/aromatic N) is 3. The molecule has 0 radical (unpaired) electrons. The molecule has 1 amide bonds. The lowest BCUT2D eigenvalue weighted by molar-refractivity contribution is -0.117. The maximum absolute atomic E-state index is 11.9. The summed E-state index contributed by atoms with van der Waals surface area (Å²) in [5.74, 6) is -0.0783. The van der Waals surface area contributed by atoms with Gasteiger partial charge in [-0.05, 0) is 31.5 Å². The van der Waals surface area contributed by atoms with Crippen molar-refractivity contribution in [2.24, 2.45) is 0 Å². The SMILES string of the molecule is CC(C)(Br)C(=O)Nc1cccc(Cn2cncn2)c1. The van der Waals surface area contributed by atoms with Crippen LogP contribution in [0, 0.1) is 0 Å². The third kappa shape index (κ3) is 3.89. The fraction of sp³-hybridized carbons (Fsp3) is 0.308. The van der Waals surface area contributed by atoms with Crippen molar-refractivity contribution in [2.75, 3.05) is 5.32 Å². The van der Waals surface area contributed by atoms with E-state index in [1.807, 2.05) is 38.1 Å². The zero-order valence-electron chi connectivity index (χ0n) is 10.8. The lowest BCUT2D eigenvalue weighted by atomic mass is 10.1. The van der Waals surface area contributed by atoms with Crippen LogP contribution < -0.4 is 5.32 Å². The minimum absolute atomic E-state index is 0.0783. The van der Waals surface area contributed by atoms with Gasteiger partial charge >= 0.3 is 0 Å². The smallest absolute Gasteiger partial charge is 0.240 e. The van der Waals surface area contributed by atoms with Crippen LogP contribution in [0.4, 0.5) is 5.69 Å². The number of rotatable bonds is 4. The van der Waals surface area contributed by atoms with Crippen LogP contribution in [0.2, 0.25) is 0 Å². The van der Waals surface area contributed by atoms with E-state index in [2.05, 4.69) is 31.3 Å². The molecule has 6 heteroatoms. The maximum Gasteiger partial charge on any atom is 0.240 e. The second-order valence-corrected chi connectivity index (χ2v) is 6.70. The summed E-state index contributed by atoms with van der Waals surface area (Å²) in [6.45, 7) is 4.24. The molecular weight excluding hydrogens is 308 g/mol. The molecule has 0 bridgehead atoms. The number of alkyl halides is 1. The fourth-order valence-corrected chi connectivity index (χ4v) is 1.63. The average molecular weight is 323 g/mol. The molecule has 0 saturated carbocycles. The lowest BCUT2D eigenvalue weighted by Gasteiger charge is -2.16. The minimum Gasteiger partial charge on any atom is -0.325 e.